The maximum Gasteiger partial charge on any atom is 0.160 e. The third-order valence-electron chi connectivity index (χ3n) is 3.79. The van der Waals surface area contributed by atoms with Crippen LogP contribution in [0.1, 0.15) is 5.56 Å². The lowest BCUT2D eigenvalue weighted by Gasteiger charge is -2.09. The molecule has 6 heteroatoms. The number of nitrogens with zero attached hydrogens (tertiary/aromatic N) is 3. The molecule has 0 aliphatic rings. The highest BCUT2D eigenvalue weighted by Gasteiger charge is 2.16. The van der Waals surface area contributed by atoms with Gasteiger partial charge in [0.1, 0.15) is 11.9 Å². The van der Waals surface area contributed by atoms with Gasteiger partial charge in [-0.15, -0.1) is 0 Å². The van der Waals surface area contributed by atoms with Crippen LogP contribution in [-0.4, -0.2) is 22.0 Å². The average molecular weight is 323 g/mol. The topological polar surface area (TPSA) is 71.1 Å². The van der Waals surface area contributed by atoms with E-state index in [1.807, 2.05) is 0 Å². The monoisotopic (exact) mass is 323 g/mol. The van der Waals surface area contributed by atoms with E-state index in [2.05, 4.69) is 5.10 Å². The molecular formula is C18H14FN3O2. The highest BCUT2D eigenvalue weighted by molar-refractivity contribution is 5.82. The molecule has 3 aromatic rings. The highest BCUT2D eigenvalue weighted by atomic mass is 19.1. The van der Waals surface area contributed by atoms with Crippen molar-refractivity contribution in [2.75, 3.05) is 7.11 Å². The number of phenolic OH excluding ortho intramolecular Hbond substituents is 1. The van der Waals surface area contributed by atoms with E-state index in [0.29, 0.717) is 17.0 Å². The number of benzene rings is 2. The van der Waals surface area contributed by atoms with Crippen molar-refractivity contribution in [1.29, 1.82) is 5.26 Å². The Balaban J connectivity index is 2.15. The molecule has 0 fully saturated rings. The number of aromatic hydroxyl groups is 1. The van der Waals surface area contributed by atoms with Crippen molar-refractivity contribution >= 4 is 0 Å². The molecule has 0 spiro atoms. The van der Waals surface area contributed by atoms with Crippen LogP contribution >= 0.6 is 0 Å². The lowest BCUT2D eigenvalue weighted by atomic mass is 10.00. The zero-order chi connectivity index (χ0) is 17.3. The Morgan fingerprint density at radius 2 is 1.96 bits per heavy atom. The Bertz CT molecular complexity index is 957. The first-order valence-electron chi connectivity index (χ1n) is 7.14. The number of halogens is 1. The molecule has 120 valence electrons. The van der Waals surface area contributed by atoms with Gasteiger partial charge in [0.2, 0.25) is 0 Å². The van der Waals surface area contributed by atoms with E-state index < -0.39 is 5.82 Å². The van der Waals surface area contributed by atoms with E-state index >= 15 is 0 Å². The van der Waals surface area contributed by atoms with Crippen LogP contribution < -0.4 is 4.74 Å². The van der Waals surface area contributed by atoms with Gasteiger partial charge in [-0.3, -0.25) is 4.68 Å². The van der Waals surface area contributed by atoms with Gasteiger partial charge in [-0.25, -0.2) is 4.39 Å². The maximum absolute atomic E-state index is 14.0. The maximum atomic E-state index is 14.0. The summed E-state index contributed by atoms with van der Waals surface area (Å²) in [6.07, 6.45) is 1.65. The number of hydrogen-bond donors (Lipinski definition) is 1. The molecule has 0 radical (unpaired) electrons. The number of rotatable bonds is 3. The number of phenols is 1. The molecule has 0 saturated carbocycles. The molecule has 0 amide bonds. The van der Waals surface area contributed by atoms with Crippen molar-refractivity contribution in [3.8, 4) is 40.0 Å². The molecule has 0 atom stereocenters. The average Bonchev–Trinajstić information content (AvgIpc) is 2.96. The quantitative estimate of drug-likeness (QED) is 0.801. The zero-order valence-electron chi connectivity index (χ0n) is 13.1. The van der Waals surface area contributed by atoms with Crippen molar-refractivity contribution in [2.45, 2.75) is 0 Å². The summed E-state index contributed by atoms with van der Waals surface area (Å²) in [5.41, 5.74) is 2.73. The first-order chi connectivity index (χ1) is 11.5. The Morgan fingerprint density at radius 3 is 2.58 bits per heavy atom. The second kappa shape index (κ2) is 6.05. The summed E-state index contributed by atoms with van der Waals surface area (Å²) >= 11 is 0. The predicted molar refractivity (Wildman–Crippen MR) is 87.0 cm³/mol. The lowest BCUT2D eigenvalue weighted by Crippen LogP contribution is -1.96. The van der Waals surface area contributed by atoms with Crippen molar-refractivity contribution in [2.24, 2.45) is 7.05 Å². The molecule has 0 aliphatic heterocycles. The predicted octanol–water partition coefficient (Wildman–Crippen LogP) is 3.48. The first-order valence-corrected chi connectivity index (χ1v) is 7.14. The molecule has 1 aromatic heterocycles. The van der Waals surface area contributed by atoms with Gasteiger partial charge in [0.05, 0.1) is 24.6 Å². The molecule has 24 heavy (non-hydrogen) atoms. The number of aromatic nitrogens is 2. The number of hydrogen-bond acceptors (Lipinski definition) is 4. The van der Waals surface area contributed by atoms with E-state index in [9.17, 15) is 9.50 Å². The molecule has 3 rings (SSSR count). The number of methoxy groups -OCH3 is 1. The van der Waals surface area contributed by atoms with Gasteiger partial charge in [-0.1, -0.05) is 12.1 Å². The fourth-order valence-corrected chi connectivity index (χ4v) is 2.60. The van der Waals surface area contributed by atoms with Crippen molar-refractivity contribution in [3.63, 3.8) is 0 Å². The molecule has 5 nitrogen and oxygen atoms in total. The van der Waals surface area contributed by atoms with Crippen LogP contribution in [0.3, 0.4) is 0 Å². The molecule has 0 unspecified atom stereocenters. The van der Waals surface area contributed by atoms with Gasteiger partial charge >= 0.3 is 0 Å². The van der Waals surface area contributed by atoms with Crippen LogP contribution in [0.15, 0.2) is 42.6 Å². The molecule has 0 bridgehead atoms. The van der Waals surface area contributed by atoms with E-state index in [1.54, 1.807) is 48.3 Å². The Kier molecular flexibility index (Phi) is 3.92. The largest absolute Gasteiger partial charge is 0.504 e. The van der Waals surface area contributed by atoms with Crippen LogP contribution in [0.25, 0.3) is 22.4 Å². The van der Waals surface area contributed by atoms with Crippen molar-refractivity contribution in [3.05, 3.63) is 54.0 Å². The van der Waals surface area contributed by atoms with Crippen LogP contribution in [0, 0.1) is 17.1 Å². The third-order valence-corrected chi connectivity index (χ3v) is 3.79. The Morgan fingerprint density at radius 1 is 1.21 bits per heavy atom. The zero-order valence-corrected chi connectivity index (χ0v) is 13.1. The van der Waals surface area contributed by atoms with Gasteiger partial charge in [0.25, 0.3) is 0 Å². The van der Waals surface area contributed by atoms with E-state index in [1.165, 1.54) is 19.2 Å². The third kappa shape index (κ3) is 2.57. The molecule has 2 aromatic carbocycles. The molecule has 0 saturated heterocycles. The molecule has 1 N–H and O–H groups in total. The van der Waals surface area contributed by atoms with Crippen LogP contribution in [0.4, 0.5) is 4.39 Å². The summed E-state index contributed by atoms with van der Waals surface area (Å²) in [5.74, 6) is -0.204. The van der Waals surface area contributed by atoms with Gasteiger partial charge in [0, 0.05) is 18.2 Å². The van der Waals surface area contributed by atoms with Crippen molar-refractivity contribution in [1.82, 2.24) is 9.78 Å². The van der Waals surface area contributed by atoms with Gasteiger partial charge in [-0.2, -0.15) is 10.4 Å². The van der Waals surface area contributed by atoms with Crippen LogP contribution in [0.2, 0.25) is 0 Å². The van der Waals surface area contributed by atoms with Crippen molar-refractivity contribution < 1.29 is 14.2 Å². The highest BCUT2D eigenvalue weighted by Crippen LogP contribution is 2.36. The fourth-order valence-electron chi connectivity index (χ4n) is 2.60. The summed E-state index contributed by atoms with van der Waals surface area (Å²) in [6, 6.07) is 11.2. The van der Waals surface area contributed by atoms with E-state index in [0.717, 1.165) is 11.1 Å². The molecule has 0 aliphatic carbocycles. The Hall–Kier alpha value is -3.33. The van der Waals surface area contributed by atoms with Gasteiger partial charge in [0.15, 0.2) is 11.5 Å². The lowest BCUT2D eigenvalue weighted by molar-refractivity contribution is 0.373. The summed E-state index contributed by atoms with van der Waals surface area (Å²) < 4.78 is 20.6. The smallest absolute Gasteiger partial charge is 0.160 e. The van der Waals surface area contributed by atoms with Crippen LogP contribution in [-0.2, 0) is 7.05 Å². The summed E-state index contributed by atoms with van der Waals surface area (Å²) in [4.78, 5) is 0. The number of aryl methyl sites for hydroxylation is 1. The minimum absolute atomic E-state index is 0.00967. The minimum atomic E-state index is -0.584. The molecule has 1 heterocycles. The summed E-state index contributed by atoms with van der Waals surface area (Å²) in [7, 11) is 3.22. The SMILES string of the molecule is COc1ccc(-c2cnn(C)c2-c2ccc(C#N)c(F)c2)cc1O. The number of ether oxygens (including phenoxy) is 1. The second-order valence-corrected chi connectivity index (χ2v) is 5.22. The Labute approximate surface area is 138 Å². The minimum Gasteiger partial charge on any atom is -0.504 e. The van der Waals surface area contributed by atoms with Gasteiger partial charge in [-0.05, 0) is 29.8 Å². The fraction of sp³-hybridized carbons (Fsp3) is 0.111. The van der Waals surface area contributed by atoms with Gasteiger partial charge < -0.3 is 9.84 Å². The first kappa shape index (κ1) is 15.6. The van der Waals surface area contributed by atoms with Crippen LogP contribution in [0.5, 0.6) is 11.5 Å². The normalized spacial score (nSPS) is 10.4. The summed E-state index contributed by atoms with van der Waals surface area (Å²) in [6.45, 7) is 0. The van der Waals surface area contributed by atoms with E-state index in [4.69, 9.17) is 10.00 Å². The second-order valence-electron chi connectivity index (χ2n) is 5.22. The molecular weight excluding hydrogens is 309 g/mol. The van der Waals surface area contributed by atoms with E-state index in [-0.39, 0.29) is 11.3 Å². The summed E-state index contributed by atoms with van der Waals surface area (Å²) in [5, 5.41) is 23.1. The standard InChI is InChI=1S/C18H14FN3O2/c1-22-18(12-3-4-13(9-20)15(19)7-12)14(10-21-22)11-5-6-17(24-2)16(23)8-11/h3-8,10,23H,1-2H3. The number of nitriles is 1.